The maximum Gasteiger partial charge on any atom is 0.246 e. The van der Waals surface area contributed by atoms with Crippen LogP contribution in [0.5, 0.6) is 0 Å². The van der Waals surface area contributed by atoms with Gasteiger partial charge in [0, 0.05) is 38.2 Å². The number of rotatable bonds is 5. The Morgan fingerprint density at radius 3 is 2.42 bits per heavy atom. The van der Waals surface area contributed by atoms with Crippen LogP contribution in [-0.2, 0) is 14.3 Å². The minimum absolute atomic E-state index is 0.0838. The molecule has 0 atom stereocenters. The summed E-state index contributed by atoms with van der Waals surface area (Å²) >= 11 is 0. The summed E-state index contributed by atoms with van der Waals surface area (Å²) in [6, 6.07) is 0.137. The molecule has 1 aliphatic heterocycles. The van der Waals surface area contributed by atoms with Gasteiger partial charge in [0.05, 0.1) is 0 Å². The maximum absolute atomic E-state index is 12.0. The Kier molecular flexibility index (Phi) is 5.75. The van der Waals surface area contributed by atoms with E-state index in [4.69, 9.17) is 10.5 Å². The van der Waals surface area contributed by atoms with E-state index in [1.54, 1.807) is 0 Å². The molecule has 1 heterocycles. The number of hydrogen-bond donors (Lipinski definition) is 2. The molecule has 0 aromatic rings. The summed E-state index contributed by atoms with van der Waals surface area (Å²) in [5.74, 6) is -0.00969. The molecule has 19 heavy (non-hydrogen) atoms. The lowest BCUT2D eigenvalue weighted by Crippen LogP contribution is -2.49. The Bertz CT molecular complexity index is 318. The van der Waals surface area contributed by atoms with Gasteiger partial charge in [0.25, 0.3) is 0 Å². The highest BCUT2D eigenvalue weighted by molar-refractivity contribution is 5.78. The quantitative estimate of drug-likeness (QED) is 0.729. The lowest BCUT2D eigenvalue weighted by atomic mass is 9.99. The molecule has 110 valence electrons. The van der Waals surface area contributed by atoms with Gasteiger partial charge < -0.3 is 20.7 Å². The van der Waals surface area contributed by atoms with E-state index in [9.17, 15) is 9.59 Å². The molecule has 1 fully saturated rings. The Morgan fingerprint density at radius 1 is 1.37 bits per heavy atom. The molecule has 0 spiro atoms. The number of nitrogens with two attached hydrogens (primary N) is 1. The first-order valence-electron chi connectivity index (χ1n) is 6.67. The average molecular weight is 271 g/mol. The summed E-state index contributed by atoms with van der Waals surface area (Å²) < 4.78 is 4.77. The predicted octanol–water partition coefficient (Wildman–Crippen LogP) is -0.133. The van der Waals surface area contributed by atoms with Crippen LogP contribution in [-0.4, -0.2) is 55.1 Å². The van der Waals surface area contributed by atoms with E-state index in [0.717, 1.165) is 12.8 Å². The van der Waals surface area contributed by atoms with E-state index in [1.165, 1.54) is 7.11 Å². The number of likely N-dealkylation sites (tertiary alicyclic amines) is 1. The highest BCUT2D eigenvalue weighted by Crippen LogP contribution is 2.14. The molecule has 0 aliphatic carbocycles. The van der Waals surface area contributed by atoms with Gasteiger partial charge in [0.1, 0.15) is 6.61 Å². The molecule has 1 rings (SSSR count). The molecular weight excluding hydrogens is 246 g/mol. The van der Waals surface area contributed by atoms with Crippen LogP contribution in [0.3, 0.4) is 0 Å². The zero-order valence-electron chi connectivity index (χ0n) is 12.1. The van der Waals surface area contributed by atoms with E-state index in [2.05, 4.69) is 5.32 Å². The summed E-state index contributed by atoms with van der Waals surface area (Å²) in [6.45, 7) is 5.13. The number of piperidine rings is 1. The molecule has 0 radical (unpaired) electrons. The summed E-state index contributed by atoms with van der Waals surface area (Å²) in [7, 11) is 1.50. The van der Waals surface area contributed by atoms with Gasteiger partial charge in [0.2, 0.25) is 11.8 Å². The lowest BCUT2D eigenvalue weighted by molar-refractivity contribution is -0.133. The van der Waals surface area contributed by atoms with Crippen molar-refractivity contribution in [2.75, 3.05) is 26.8 Å². The van der Waals surface area contributed by atoms with Crippen molar-refractivity contribution in [1.82, 2.24) is 10.2 Å². The minimum atomic E-state index is -0.472. The zero-order valence-corrected chi connectivity index (χ0v) is 12.1. The zero-order chi connectivity index (χ0) is 14.5. The van der Waals surface area contributed by atoms with Crippen molar-refractivity contribution in [2.45, 2.75) is 44.7 Å². The van der Waals surface area contributed by atoms with Crippen molar-refractivity contribution in [2.24, 2.45) is 5.73 Å². The molecule has 3 N–H and O–H groups in total. The van der Waals surface area contributed by atoms with Crippen LogP contribution >= 0.6 is 0 Å². The van der Waals surface area contributed by atoms with Crippen LogP contribution in [0.1, 0.15) is 33.1 Å². The van der Waals surface area contributed by atoms with Gasteiger partial charge in [0.15, 0.2) is 0 Å². The molecule has 0 aromatic heterocycles. The van der Waals surface area contributed by atoms with Gasteiger partial charge in [-0.1, -0.05) is 0 Å². The molecule has 0 saturated carbocycles. The standard InChI is InChI=1S/C13H25N3O3/c1-13(2,14)8-12(18)16-6-4-10(5-7-16)15-11(17)9-19-3/h10H,4-9,14H2,1-3H3,(H,15,17). The van der Waals surface area contributed by atoms with Gasteiger partial charge in [-0.2, -0.15) is 0 Å². The number of carbonyl (C=O) groups is 2. The smallest absolute Gasteiger partial charge is 0.246 e. The van der Waals surface area contributed by atoms with Crippen LogP contribution in [0.2, 0.25) is 0 Å². The van der Waals surface area contributed by atoms with Crippen molar-refractivity contribution in [3.05, 3.63) is 0 Å². The van der Waals surface area contributed by atoms with Gasteiger partial charge in [-0.25, -0.2) is 0 Å². The lowest BCUT2D eigenvalue weighted by Gasteiger charge is -2.33. The van der Waals surface area contributed by atoms with Crippen molar-refractivity contribution in [3.8, 4) is 0 Å². The normalized spacial score (nSPS) is 17.4. The topological polar surface area (TPSA) is 84.7 Å². The van der Waals surface area contributed by atoms with E-state index >= 15 is 0 Å². The number of hydrogen-bond acceptors (Lipinski definition) is 4. The van der Waals surface area contributed by atoms with E-state index in [0.29, 0.717) is 19.5 Å². The Hall–Kier alpha value is -1.14. The predicted molar refractivity (Wildman–Crippen MR) is 72.5 cm³/mol. The molecule has 6 heteroatoms. The fourth-order valence-electron chi connectivity index (χ4n) is 2.18. The van der Waals surface area contributed by atoms with Crippen molar-refractivity contribution >= 4 is 11.8 Å². The van der Waals surface area contributed by atoms with E-state index in [-0.39, 0.29) is 24.5 Å². The maximum atomic E-state index is 12.0. The first kappa shape index (κ1) is 15.9. The van der Waals surface area contributed by atoms with Crippen molar-refractivity contribution in [1.29, 1.82) is 0 Å². The first-order valence-corrected chi connectivity index (χ1v) is 6.67. The van der Waals surface area contributed by atoms with Gasteiger partial charge in [-0.3, -0.25) is 9.59 Å². The number of nitrogens with zero attached hydrogens (tertiary/aromatic N) is 1. The number of ether oxygens (including phenoxy) is 1. The fraction of sp³-hybridized carbons (Fsp3) is 0.846. The molecule has 1 saturated heterocycles. The molecule has 0 unspecified atom stereocenters. The van der Waals surface area contributed by atoms with Gasteiger partial charge >= 0.3 is 0 Å². The van der Waals surface area contributed by atoms with Crippen LogP contribution < -0.4 is 11.1 Å². The molecule has 0 bridgehead atoms. The summed E-state index contributed by atoms with van der Waals surface area (Å²) in [4.78, 5) is 25.2. The molecule has 0 aromatic carbocycles. The highest BCUT2D eigenvalue weighted by atomic mass is 16.5. The number of carbonyl (C=O) groups excluding carboxylic acids is 2. The van der Waals surface area contributed by atoms with Crippen LogP contribution in [0.25, 0.3) is 0 Å². The van der Waals surface area contributed by atoms with Crippen LogP contribution in [0.4, 0.5) is 0 Å². The van der Waals surface area contributed by atoms with Crippen LogP contribution in [0, 0.1) is 0 Å². The second-order valence-corrected chi connectivity index (χ2v) is 5.82. The SMILES string of the molecule is COCC(=O)NC1CCN(C(=O)CC(C)(C)N)CC1. The van der Waals surface area contributed by atoms with Crippen molar-refractivity contribution < 1.29 is 14.3 Å². The number of amides is 2. The summed E-state index contributed by atoms with van der Waals surface area (Å²) in [5, 5.41) is 2.90. The minimum Gasteiger partial charge on any atom is -0.375 e. The Balaban J connectivity index is 2.32. The molecule has 6 nitrogen and oxygen atoms in total. The Labute approximate surface area is 114 Å². The van der Waals surface area contributed by atoms with Crippen LogP contribution in [0.15, 0.2) is 0 Å². The van der Waals surface area contributed by atoms with E-state index in [1.807, 2.05) is 18.7 Å². The molecule has 1 aliphatic rings. The fourth-order valence-corrected chi connectivity index (χ4v) is 2.18. The summed E-state index contributed by atoms with van der Waals surface area (Å²) in [6.07, 6.45) is 1.92. The van der Waals surface area contributed by atoms with Gasteiger partial charge in [-0.15, -0.1) is 0 Å². The highest BCUT2D eigenvalue weighted by Gasteiger charge is 2.26. The monoisotopic (exact) mass is 271 g/mol. The first-order chi connectivity index (χ1) is 8.81. The molecule has 2 amide bonds. The third-order valence-electron chi connectivity index (χ3n) is 3.10. The second kappa shape index (κ2) is 6.86. The number of nitrogens with one attached hydrogen (secondary N) is 1. The average Bonchev–Trinajstić information content (AvgIpc) is 2.27. The largest absolute Gasteiger partial charge is 0.375 e. The van der Waals surface area contributed by atoms with Crippen molar-refractivity contribution in [3.63, 3.8) is 0 Å². The second-order valence-electron chi connectivity index (χ2n) is 5.82. The van der Waals surface area contributed by atoms with E-state index < -0.39 is 5.54 Å². The Morgan fingerprint density at radius 2 is 1.95 bits per heavy atom. The van der Waals surface area contributed by atoms with Gasteiger partial charge in [-0.05, 0) is 26.7 Å². The third-order valence-corrected chi connectivity index (χ3v) is 3.10. The number of methoxy groups -OCH3 is 1. The summed E-state index contributed by atoms with van der Waals surface area (Å²) in [5.41, 5.74) is 5.38. The third kappa shape index (κ3) is 6.02. The molecular formula is C13H25N3O3.